The number of imidazole rings is 1. The van der Waals surface area contributed by atoms with Crippen molar-refractivity contribution in [3.63, 3.8) is 0 Å². The summed E-state index contributed by atoms with van der Waals surface area (Å²) in [4.78, 5) is 7.63. The summed E-state index contributed by atoms with van der Waals surface area (Å²) in [5.74, 6) is 0. The van der Waals surface area contributed by atoms with Gasteiger partial charge < -0.3 is 9.72 Å². The van der Waals surface area contributed by atoms with Crippen molar-refractivity contribution < 1.29 is 0 Å². The Balaban J connectivity index is 1.25. The van der Waals surface area contributed by atoms with E-state index in [1.165, 1.54) is 22.6 Å². The molecule has 5 heterocycles. The lowest BCUT2D eigenvalue weighted by Crippen LogP contribution is -2.43. The highest BCUT2D eigenvalue weighted by Crippen LogP contribution is 2.41. The average Bonchev–Trinajstić information content (AvgIpc) is 3.38. The first kappa shape index (κ1) is 19.7. The van der Waals surface area contributed by atoms with Crippen molar-refractivity contribution in [3.05, 3.63) is 89.6 Å². The largest absolute Gasteiger partial charge is 0.311 e. The maximum absolute atomic E-state index is 5.07. The number of nitrogens with zero attached hydrogens (tertiary/aromatic N) is 5. The van der Waals surface area contributed by atoms with Gasteiger partial charge in [0.1, 0.15) is 5.65 Å². The highest BCUT2D eigenvalue weighted by Gasteiger charge is 2.40. The maximum atomic E-state index is 5.07. The first-order valence-corrected chi connectivity index (χ1v) is 11.8. The van der Waals surface area contributed by atoms with E-state index >= 15 is 0 Å². The summed E-state index contributed by atoms with van der Waals surface area (Å²) in [7, 11) is 0. The molecule has 2 aliphatic heterocycles. The Morgan fingerprint density at radius 3 is 2.66 bits per heavy atom. The van der Waals surface area contributed by atoms with Crippen LogP contribution < -0.4 is 5.32 Å². The van der Waals surface area contributed by atoms with Gasteiger partial charge in [-0.25, -0.2) is 4.98 Å². The average molecular weight is 427 g/mol. The molecule has 0 spiro atoms. The summed E-state index contributed by atoms with van der Waals surface area (Å²) in [6, 6.07) is 19.5. The van der Waals surface area contributed by atoms with Gasteiger partial charge in [0, 0.05) is 37.4 Å². The molecule has 164 valence electrons. The molecule has 0 amide bonds. The van der Waals surface area contributed by atoms with Crippen molar-refractivity contribution in [1.82, 2.24) is 29.4 Å². The summed E-state index contributed by atoms with van der Waals surface area (Å²) in [5, 5.41) is 8.40. The highest BCUT2D eigenvalue weighted by atomic mass is 15.3. The van der Waals surface area contributed by atoms with Crippen LogP contribution in [0.2, 0.25) is 0 Å². The summed E-state index contributed by atoms with van der Waals surface area (Å²) in [6.45, 7) is 6.04. The second-order valence-electron chi connectivity index (χ2n) is 9.20. The van der Waals surface area contributed by atoms with Crippen LogP contribution in [0.5, 0.6) is 0 Å². The minimum atomic E-state index is -0.0426. The fourth-order valence-corrected chi connectivity index (χ4v) is 5.44. The number of fused-ring (bicyclic) bond motifs is 2. The molecule has 0 radical (unpaired) electrons. The van der Waals surface area contributed by atoms with Crippen LogP contribution in [-0.2, 0) is 25.0 Å². The molecule has 0 unspecified atom stereocenters. The first-order chi connectivity index (χ1) is 15.8. The van der Waals surface area contributed by atoms with Gasteiger partial charge in [0.05, 0.1) is 17.1 Å². The lowest BCUT2D eigenvalue weighted by Gasteiger charge is -2.41. The Bertz CT molecular complexity index is 1140. The quantitative estimate of drug-likeness (QED) is 0.542. The summed E-state index contributed by atoms with van der Waals surface area (Å²) in [5.41, 5.74) is 6.06. The van der Waals surface area contributed by atoms with Crippen LogP contribution in [-0.4, -0.2) is 43.7 Å². The Hall–Kier alpha value is -2.96. The Labute approximate surface area is 188 Å². The fourth-order valence-electron chi connectivity index (χ4n) is 5.44. The molecule has 0 bridgehead atoms. The monoisotopic (exact) mass is 426 g/mol. The second kappa shape index (κ2) is 8.19. The molecule has 3 aromatic heterocycles. The van der Waals surface area contributed by atoms with Crippen molar-refractivity contribution in [2.45, 2.75) is 44.3 Å². The second-order valence-corrected chi connectivity index (χ2v) is 9.20. The standard InChI is InChI=1S/C26H30N6/c1-2-7-21(8-3-1)26(24-20-31-13-5-4-9-25(31)28-24)10-15-30(16-11-26)19-22-17-23-18-27-12-6-14-32(23)29-22/h1-5,7-9,13,17,20,27H,6,10-12,14-16,18-19H2. The predicted molar refractivity (Wildman–Crippen MR) is 125 cm³/mol. The number of hydrogen-bond donors (Lipinski definition) is 1. The topological polar surface area (TPSA) is 50.4 Å². The minimum absolute atomic E-state index is 0.0426. The number of rotatable bonds is 4. The molecule has 0 atom stereocenters. The molecule has 1 aromatic carbocycles. The molecule has 2 aliphatic rings. The molecular formula is C26H30N6. The fraction of sp³-hybridized carbons (Fsp3) is 0.385. The van der Waals surface area contributed by atoms with Crippen LogP contribution in [0.15, 0.2) is 67.0 Å². The zero-order valence-corrected chi connectivity index (χ0v) is 18.5. The van der Waals surface area contributed by atoms with Crippen LogP contribution in [0.3, 0.4) is 0 Å². The van der Waals surface area contributed by atoms with Gasteiger partial charge in [-0.15, -0.1) is 0 Å². The molecule has 32 heavy (non-hydrogen) atoms. The van der Waals surface area contributed by atoms with Crippen LogP contribution in [0.1, 0.15) is 41.9 Å². The molecule has 4 aromatic rings. The Morgan fingerprint density at radius 2 is 1.81 bits per heavy atom. The van der Waals surface area contributed by atoms with Crippen molar-refractivity contribution in [1.29, 1.82) is 0 Å². The lowest BCUT2D eigenvalue weighted by atomic mass is 9.70. The van der Waals surface area contributed by atoms with Gasteiger partial charge in [0.15, 0.2) is 0 Å². The van der Waals surface area contributed by atoms with Crippen LogP contribution >= 0.6 is 0 Å². The number of pyridine rings is 1. The van der Waals surface area contributed by atoms with Gasteiger partial charge >= 0.3 is 0 Å². The van der Waals surface area contributed by atoms with E-state index < -0.39 is 0 Å². The predicted octanol–water partition coefficient (Wildman–Crippen LogP) is 3.61. The number of piperidine rings is 1. The van der Waals surface area contributed by atoms with E-state index in [-0.39, 0.29) is 5.41 Å². The summed E-state index contributed by atoms with van der Waals surface area (Å²) < 4.78 is 4.35. The van der Waals surface area contributed by atoms with Crippen LogP contribution in [0.4, 0.5) is 0 Å². The van der Waals surface area contributed by atoms with E-state index in [1.807, 2.05) is 0 Å². The van der Waals surface area contributed by atoms with Gasteiger partial charge in [-0.05, 0) is 62.7 Å². The Morgan fingerprint density at radius 1 is 0.969 bits per heavy atom. The molecule has 0 saturated carbocycles. The third-order valence-corrected chi connectivity index (χ3v) is 7.22. The molecule has 6 rings (SSSR count). The minimum Gasteiger partial charge on any atom is -0.311 e. The SMILES string of the molecule is c1ccc(C2(c3cn4ccccc4n3)CCN(Cc3cc4n(n3)CCCNC4)CC2)cc1. The van der Waals surface area contributed by atoms with Crippen LogP contribution in [0, 0.1) is 0 Å². The number of nitrogens with one attached hydrogen (secondary N) is 1. The van der Waals surface area contributed by atoms with Gasteiger partial charge in [0.25, 0.3) is 0 Å². The van der Waals surface area contributed by atoms with Crippen molar-refractivity contribution in [2.75, 3.05) is 19.6 Å². The molecule has 0 aliphatic carbocycles. The highest BCUT2D eigenvalue weighted by molar-refractivity contribution is 5.45. The van der Waals surface area contributed by atoms with Crippen molar-refractivity contribution in [3.8, 4) is 0 Å². The van der Waals surface area contributed by atoms with E-state index in [9.17, 15) is 0 Å². The molecule has 6 heteroatoms. The molecule has 1 N–H and O–H groups in total. The van der Waals surface area contributed by atoms with Crippen molar-refractivity contribution in [2.24, 2.45) is 0 Å². The van der Waals surface area contributed by atoms with Gasteiger partial charge in [-0.1, -0.05) is 36.4 Å². The maximum Gasteiger partial charge on any atom is 0.137 e. The number of aryl methyl sites for hydroxylation is 1. The Kier molecular flexibility index (Phi) is 5.04. The summed E-state index contributed by atoms with van der Waals surface area (Å²) >= 11 is 0. The van der Waals surface area contributed by atoms with E-state index in [1.54, 1.807) is 0 Å². The third-order valence-electron chi connectivity index (χ3n) is 7.22. The number of aromatic nitrogens is 4. The zero-order valence-electron chi connectivity index (χ0n) is 18.5. The van der Waals surface area contributed by atoms with Gasteiger partial charge in [-0.2, -0.15) is 5.10 Å². The molecule has 6 nitrogen and oxygen atoms in total. The van der Waals surface area contributed by atoms with Crippen molar-refractivity contribution >= 4 is 5.65 Å². The normalized spacial score (nSPS) is 19.0. The van der Waals surface area contributed by atoms with Gasteiger partial charge in [-0.3, -0.25) is 9.58 Å². The smallest absolute Gasteiger partial charge is 0.137 e. The number of hydrogen-bond acceptors (Lipinski definition) is 4. The first-order valence-electron chi connectivity index (χ1n) is 11.8. The van der Waals surface area contributed by atoms with E-state index in [4.69, 9.17) is 10.1 Å². The molecule has 1 fully saturated rings. The van der Waals surface area contributed by atoms with E-state index in [2.05, 4.69) is 86.3 Å². The zero-order chi connectivity index (χ0) is 21.4. The van der Waals surface area contributed by atoms with Gasteiger partial charge in [0.2, 0.25) is 0 Å². The molecule has 1 saturated heterocycles. The van der Waals surface area contributed by atoms with Crippen LogP contribution in [0.25, 0.3) is 5.65 Å². The van der Waals surface area contributed by atoms with E-state index in [0.29, 0.717) is 0 Å². The number of likely N-dealkylation sites (tertiary alicyclic amines) is 1. The van der Waals surface area contributed by atoms with E-state index in [0.717, 1.165) is 64.2 Å². The third kappa shape index (κ3) is 3.53. The lowest BCUT2D eigenvalue weighted by molar-refractivity contribution is 0.168. The molecular weight excluding hydrogens is 396 g/mol. The summed E-state index contributed by atoms with van der Waals surface area (Å²) in [6.07, 6.45) is 7.61. The number of benzene rings is 1.